The number of benzene rings is 1. The summed E-state index contributed by atoms with van der Waals surface area (Å²) in [6.07, 6.45) is 0. The number of amides is 1. The van der Waals surface area contributed by atoms with E-state index < -0.39 is 23.6 Å². The summed E-state index contributed by atoms with van der Waals surface area (Å²) in [5.74, 6) is -2.40. The highest BCUT2D eigenvalue weighted by atomic mass is 19.2. The van der Waals surface area contributed by atoms with Gasteiger partial charge in [-0.25, -0.2) is 8.78 Å². The zero-order chi connectivity index (χ0) is 11.0. The summed E-state index contributed by atoms with van der Waals surface area (Å²) in [4.78, 5) is 11.3. The van der Waals surface area contributed by atoms with Gasteiger partial charge in [0, 0.05) is 18.7 Å². The summed E-state index contributed by atoms with van der Waals surface area (Å²) < 4.78 is 25.8. The SMILES string of the molecule is N[C@H]1CNc2cc(F)c(F)cc2NC1=O. The van der Waals surface area contributed by atoms with Gasteiger partial charge in [-0.2, -0.15) is 0 Å². The van der Waals surface area contributed by atoms with Crippen LogP contribution in [0.1, 0.15) is 0 Å². The van der Waals surface area contributed by atoms with E-state index in [1.165, 1.54) is 0 Å². The highest BCUT2D eigenvalue weighted by Crippen LogP contribution is 2.26. The molecule has 1 aliphatic rings. The molecule has 1 aliphatic heterocycles. The van der Waals surface area contributed by atoms with Crippen LogP contribution in [-0.4, -0.2) is 18.5 Å². The number of hydrogen-bond acceptors (Lipinski definition) is 3. The van der Waals surface area contributed by atoms with Crippen molar-refractivity contribution in [2.45, 2.75) is 6.04 Å². The van der Waals surface area contributed by atoms with Gasteiger partial charge in [0.15, 0.2) is 11.6 Å². The predicted octanol–water partition coefficient (Wildman–Crippen LogP) is 0.656. The lowest BCUT2D eigenvalue weighted by Gasteiger charge is -2.07. The van der Waals surface area contributed by atoms with Crippen molar-refractivity contribution in [1.29, 1.82) is 0 Å². The molecule has 0 spiro atoms. The Hall–Kier alpha value is -1.69. The quantitative estimate of drug-likeness (QED) is 0.593. The Morgan fingerprint density at radius 1 is 1.27 bits per heavy atom. The molecule has 6 heteroatoms. The van der Waals surface area contributed by atoms with Crippen molar-refractivity contribution in [2.24, 2.45) is 5.73 Å². The first kappa shape index (κ1) is 9.85. The maximum atomic E-state index is 12.9. The topological polar surface area (TPSA) is 67.2 Å². The number of rotatable bonds is 0. The third-order valence-corrected chi connectivity index (χ3v) is 2.17. The first-order valence-corrected chi connectivity index (χ1v) is 4.37. The molecule has 0 unspecified atom stereocenters. The second kappa shape index (κ2) is 3.47. The summed E-state index contributed by atoms with van der Waals surface area (Å²) in [5, 5.41) is 5.17. The summed E-state index contributed by atoms with van der Waals surface area (Å²) >= 11 is 0. The summed E-state index contributed by atoms with van der Waals surface area (Å²) in [5.41, 5.74) is 6.00. The molecular formula is C9H9F2N3O. The zero-order valence-electron chi connectivity index (χ0n) is 7.68. The molecule has 0 aliphatic carbocycles. The monoisotopic (exact) mass is 213 g/mol. The van der Waals surface area contributed by atoms with E-state index in [9.17, 15) is 13.6 Å². The van der Waals surface area contributed by atoms with Gasteiger partial charge in [-0.15, -0.1) is 0 Å². The third-order valence-electron chi connectivity index (χ3n) is 2.17. The van der Waals surface area contributed by atoms with Crippen molar-refractivity contribution >= 4 is 17.3 Å². The van der Waals surface area contributed by atoms with E-state index >= 15 is 0 Å². The number of anilines is 2. The van der Waals surface area contributed by atoms with Crippen LogP contribution in [0.3, 0.4) is 0 Å². The van der Waals surface area contributed by atoms with Gasteiger partial charge in [0.25, 0.3) is 0 Å². The molecule has 4 nitrogen and oxygen atoms in total. The lowest BCUT2D eigenvalue weighted by molar-refractivity contribution is -0.117. The zero-order valence-corrected chi connectivity index (χ0v) is 7.68. The van der Waals surface area contributed by atoms with Gasteiger partial charge >= 0.3 is 0 Å². The van der Waals surface area contributed by atoms with Crippen LogP contribution >= 0.6 is 0 Å². The molecule has 4 N–H and O–H groups in total. The number of carbonyl (C=O) groups excluding carboxylic acids is 1. The van der Waals surface area contributed by atoms with E-state index in [4.69, 9.17) is 5.73 Å². The molecule has 0 aromatic heterocycles. The summed E-state index contributed by atoms with van der Waals surface area (Å²) in [6, 6.07) is 1.18. The molecule has 2 rings (SSSR count). The predicted molar refractivity (Wildman–Crippen MR) is 51.5 cm³/mol. The third kappa shape index (κ3) is 1.75. The fourth-order valence-corrected chi connectivity index (χ4v) is 1.33. The van der Waals surface area contributed by atoms with Crippen molar-refractivity contribution in [3.05, 3.63) is 23.8 Å². The Morgan fingerprint density at radius 2 is 1.87 bits per heavy atom. The number of fused-ring (bicyclic) bond motifs is 1. The first-order valence-electron chi connectivity index (χ1n) is 4.37. The minimum atomic E-state index is -1.01. The fraction of sp³-hybridized carbons (Fsp3) is 0.222. The van der Waals surface area contributed by atoms with Crippen LogP contribution in [0.4, 0.5) is 20.2 Å². The highest BCUT2D eigenvalue weighted by Gasteiger charge is 2.21. The van der Waals surface area contributed by atoms with Gasteiger partial charge in [0.2, 0.25) is 5.91 Å². The van der Waals surface area contributed by atoms with E-state index in [0.717, 1.165) is 12.1 Å². The Morgan fingerprint density at radius 3 is 2.53 bits per heavy atom. The number of halogens is 2. The van der Waals surface area contributed by atoms with Crippen molar-refractivity contribution in [3.63, 3.8) is 0 Å². The van der Waals surface area contributed by atoms with Crippen LogP contribution < -0.4 is 16.4 Å². The van der Waals surface area contributed by atoms with Gasteiger partial charge in [-0.1, -0.05) is 0 Å². The van der Waals surface area contributed by atoms with Gasteiger partial charge in [0.1, 0.15) is 6.04 Å². The average molecular weight is 213 g/mol. The Kier molecular flexibility index (Phi) is 2.28. The molecule has 0 saturated heterocycles. The largest absolute Gasteiger partial charge is 0.381 e. The maximum absolute atomic E-state index is 12.9. The molecule has 1 atom stereocenters. The van der Waals surface area contributed by atoms with E-state index in [1.807, 2.05) is 0 Å². The van der Waals surface area contributed by atoms with Gasteiger partial charge in [0.05, 0.1) is 11.4 Å². The summed E-state index contributed by atoms with van der Waals surface area (Å²) in [7, 11) is 0. The van der Waals surface area contributed by atoms with Crippen molar-refractivity contribution in [2.75, 3.05) is 17.2 Å². The second-order valence-electron chi connectivity index (χ2n) is 3.29. The van der Waals surface area contributed by atoms with Gasteiger partial charge < -0.3 is 16.4 Å². The Balaban J connectivity index is 2.43. The van der Waals surface area contributed by atoms with Crippen molar-refractivity contribution in [1.82, 2.24) is 0 Å². The fourth-order valence-electron chi connectivity index (χ4n) is 1.33. The molecule has 1 amide bonds. The maximum Gasteiger partial charge on any atom is 0.243 e. The molecular weight excluding hydrogens is 204 g/mol. The minimum absolute atomic E-state index is 0.184. The Labute approximate surface area is 84.5 Å². The lowest BCUT2D eigenvalue weighted by atomic mass is 10.2. The number of carbonyl (C=O) groups is 1. The van der Waals surface area contributed by atoms with E-state index in [1.54, 1.807) is 0 Å². The molecule has 0 fully saturated rings. The summed E-state index contributed by atoms with van der Waals surface area (Å²) in [6.45, 7) is 0.184. The van der Waals surface area contributed by atoms with Crippen LogP contribution in [0.15, 0.2) is 12.1 Å². The van der Waals surface area contributed by atoms with E-state index in [-0.39, 0.29) is 12.2 Å². The molecule has 15 heavy (non-hydrogen) atoms. The molecule has 80 valence electrons. The van der Waals surface area contributed by atoms with Crippen LogP contribution in [-0.2, 0) is 4.79 Å². The van der Waals surface area contributed by atoms with E-state index in [0.29, 0.717) is 5.69 Å². The smallest absolute Gasteiger partial charge is 0.243 e. The molecule has 0 saturated carbocycles. The molecule has 1 aromatic carbocycles. The minimum Gasteiger partial charge on any atom is -0.381 e. The van der Waals surface area contributed by atoms with Crippen LogP contribution in [0.25, 0.3) is 0 Å². The molecule has 1 heterocycles. The average Bonchev–Trinajstić information content (AvgIpc) is 2.31. The lowest BCUT2D eigenvalue weighted by Crippen LogP contribution is -2.39. The van der Waals surface area contributed by atoms with Crippen LogP contribution in [0.2, 0.25) is 0 Å². The molecule has 0 bridgehead atoms. The first-order chi connectivity index (χ1) is 7.08. The Bertz CT molecular complexity index is 422. The van der Waals surface area contributed by atoms with Gasteiger partial charge in [-0.3, -0.25) is 4.79 Å². The molecule has 0 radical (unpaired) electrons. The van der Waals surface area contributed by atoms with E-state index in [2.05, 4.69) is 10.6 Å². The highest BCUT2D eigenvalue weighted by molar-refractivity contribution is 5.99. The number of hydrogen-bond donors (Lipinski definition) is 3. The van der Waals surface area contributed by atoms with Gasteiger partial charge in [-0.05, 0) is 0 Å². The van der Waals surface area contributed by atoms with Crippen LogP contribution in [0, 0.1) is 11.6 Å². The number of nitrogens with two attached hydrogens (primary N) is 1. The van der Waals surface area contributed by atoms with Crippen molar-refractivity contribution in [3.8, 4) is 0 Å². The second-order valence-corrected chi connectivity index (χ2v) is 3.29. The number of nitrogens with one attached hydrogen (secondary N) is 2. The van der Waals surface area contributed by atoms with Crippen molar-refractivity contribution < 1.29 is 13.6 Å². The molecule has 1 aromatic rings. The standard InChI is InChI=1S/C9H9F2N3O/c10-4-1-7-8(2-5(4)11)14-9(15)6(12)3-13-7/h1-2,6,13H,3,12H2,(H,14,15)/t6-/m0/s1. The normalized spacial score (nSPS) is 19.9. The van der Waals surface area contributed by atoms with Crippen LogP contribution in [0.5, 0.6) is 0 Å².